The van der Waals surface area contributed by atoms with Gasteiger partial charge < -0.3 is 60.2 Å². The van der Waals surface area contributed by atoms with Crippen molar-refractivity contribution in [3.05, 3.63) is 113 Å². The van der Waals surface area contributed by atoms with E-state index in [0.717, 1.165) is 28.8 Å². The molecule has 9 rings (SSSR count). The number of carbonyl (C=O) groups excluding carboxylic acids is 6. The molecule has 1 saturated carbocycles. The molecular formula is C50H55N9O12. The number of benzene rings is 4. The fourth-order valence-corrected chi connectivity index (χ4v) is 10.7. The number of para-hydroxylation sites is 1. The van der Waals surface area contributed by atoms with Crippen LogP contribution in [0.5, 0.6) is 17.2 Å². The van der Waals surface area contributed by atoms with Gasteiger partial charge in [-0.05, 0) is 69.1 Å². The number of phenols is 1. The number of rotatable bonds is 16. The van der Waals surface area contributed by atoms with Gasteiger partial charge in [0.15, 0.2) is 0 Å². The van der Waals surface area contributed by atoms with E-state index in [0.29, 0.717) is 54.3 Å². The molecule has 3 heterocycles. The van der Waals surface area contributed by atoms with Crippen molar-refractivity contribution in [2.45, 2.75) is 61.1 Å². The summed E-state index contributed by atoms with van der Waals surface area (Å²) in [7, 11) is 3.63. The molecule has 21 nitrogen and oxygen atoms in total. The van der Waals surface area contributed by atoms with Gasteiger partial charge in [-0.3, -0.25) is 34.8 Å². The first-order valence-corrected chi connectivity index (χ1v) is 23.3. The molecule has 0 radical (unpaired) electrons. The van der Waals surface area contributed by atoms with Crippen LogP contribution in [-0.2, 0) is 45.3 Å². The first-order valence-electron chi connectivity index (χ1n) is 23.3. The van der Waals surface area contributed by atoms with E-state index in [2.05, 4.69) is 37.0 Å². The van der Waals surface area contributed by atoms with Gasteiger partial charge >= 0.3 is 6.03 Å². The number of hydrogen-bond donors (Lipinski definition) is 8. The number of ether oxygens (including phenoxy) is 4. The van der Waals surface area contributed by atoms with Crippen LogP contribution in [0.4, 0.5) is 16.2 Å². The van der Waals surface area contributed by atoms with E-state index in [9.17, 15) is 39.0 Å². The lowest BCUT2D eigenvalue weighted by molar-refractivity contribution is -0.187. The molecule has 2 aliphatic carbocycles. The number of benzodiazepines with no additional fused rings is 1. The zero-order chi connectivity index (χ0) is 49.9. The number of phenolic OH excluding ortho intramolecular Hbond substituents is 1. The van der Waals surface area contributed by atoms with Crippen molar-refractivity contribution in [2.75, 3.05) is 70.4 Å². The Morgan fingerprint density at radius 3 is 2.32 bits per heavy atom. The molecule has 2 fully saturated rings. The minimum absolute atomic E-state index is 0.0543. The molecule has 372 valence electrons. The van der Waals surface area contributed by atoms with E-state index in [1.165, 1.54) is 4.90 Å². The third kappa shape index (κ3) is 9.80. The SMILES string of the molecule is CN1C(=O)[C@H](NC(=O)Nc2cccc(OCCNC(=O)COCC(=O)NNC(=O)COCC(=O)N[C@H]3CC[C@@]4(O)[C@H]5Cc6cc(O)cc7c6[C@@]4(CCN5C)[C@H]3O7)c2)N=C(c2ccccc2)c2ccccc21. The molecule has 1 saturated heterocycles. The summed E-state index contributed by atoms with van der Waals surface area (Å²) in [6.07, 6.45) is 0.305. The number of piperidine rings is 1. The molecular weight excluding hydrogens is 919 g/mol. The van der Waals surface area contributed by atoms with Gasteiger partial charge in [0, 0.05) is 47.6 Å². The molecule has 5 aliphatic rings. The minimum atomic E-state index is -1.22. The normalized spacial score (nSPS) is 23.6. The highest BCUT2D eigenvalue weighted by molar-refractivity contribution is 6.20. The Bertz CT molecular complexity index is 2760. The third-order valence-corrected chi connectivity index (χ3v) is 13.7. The van der Waals surface area contributed by atoms with Crippen LogP contribution in [0.3, 0.4) is 0 Å². The maximum atomic E-state index is 13.5. The van der Waals surface area contributed by atoms with E-state index in [-0.39, 0.29) is 24.9 Å². The van der Waals surface area contributed by atoms with E-state index in [1.54, 1.807) is 43.4 Å². The largest absolute Gasteiger partial charge is 0.508 e. The molecule has 3 aliphatic heterocycles. The zero-order valence-electron chi connectivity index (χ0n) is 39.1. The van der Waals surface area contributed by atoms with E-state index in [1.807, 2.05) is 61.6 Å². The topological polar surface area (TPSA) is 271 Å². The number of aliphatic hydroxyl groups is 1. The van der Waals surface area contributed by atoms with Crippen molar-refractivity contribution in [1.82, 2.24) is 31.7 Å². The summed E-state index contributed by atoms with van der Waals surface area (Å²) in [5.74, 6) is -1.93. The van der Waals surface area contributed by atoms with Crippen molar-refractivity contribution in [3.8, 4) is 17.2 Å². The number of hydrazine groups is 1. The highest BCUT2D eigenvalue weighted by atomic mass is 16.5. The summed E-state index contributed by atoms with van der Waals surface area (Å²) in [6, 6.07) is 25.3. The number of carbonyl (C=O) groups is 6. The highest BCUT2D eigenvalue weighted by Gasteiger charge is 2.72. The highest BCUT2D eigenvalue weighted by Crippen LogP contribution is 2.64. The summed E-state index contributed by atoms with van der Waals surface area (Å²) in [6.45, 7) is -1.14. The third-order valence-electron chi connectivity index (χ3n) is 13.7. The van der Waals surface area contributed by atoms with Crippen LogP contribution in [0.2, 0.25) is 0 Å². The lowest BCUT2D eigenvalue weighted by Gasteiger charge is -2.63. The van der Waals surface area contributed by atoms with Crippen LogP contribution in [0.15, 0.2) is 96.0 Å². The van der Waals surface area contributed by atoms with E-state index >= 15 is 0 Å². The summed E-state index contributed by atoms with van der Waals surface area (Å²) in [4.78, 5) is 85.0. The summed E-state index contributed by atoms with van der Waals surface area (Å²) in [5, 5.41) is 33.7. The Morgan fingerprint density at radius 1 is 0.831 bits per heavy atom. The number of likely N-dealkylation sites (N-methyl/N-ethyl adjacent to an activating group) is 2. The number of hydrogen-bond acceptors (Lipinski definition) is 14. The molecule has 8 N–H and O–H groups in total. The van der Waals surface area contributed by atoms with Crippen LogP contribution in [0.25, 0.3) is 0 Å². The molecule has 71 heavy (non-hydrogen) atoms. The summed E-state index contributed by atoms with van der Waals surface area (Å²) < 4.78 is 22.6. The molecule has 1 spiro atoms. The van der Waals surface area contributed by atoms with Gasteiger partial charge in [0.05, 0.1) is 35.0 Å². The van der Waals surface area contributed by atoms with Gasteiger partial charge in [0.2, 0.25) is 18.0 Å². The van der Waals surface area contributed by atoms with Crippen molar-refractivity contribution in [1.29, 1.82) is 0 Å². The second-order valence-electron chi connectivity index (χ2n) is 18.1. The number of nitrogens with zero attached hydrogens (tertiary/aromatic N) is 3. The Hall–Kier alpha value is -7.59. The first kappa shape index (κ1) is 48.4. The second-order valence-corrected chi connectivity index (χ2v) is 18.1. The van der Waals surface area contributed by atoms with Crippen LogP contribution in [0, 0.1) is 0 Å². The quantitative estimate of drug-likeness (QED) is 0.0576. The van der Waals surface area contributed by atoms with Crippen LogP contribution in [0.1, 0.15) is 41.5 Å². The molecule has 21 heteroatoms. The minimum Gasteiger partial charge on any atom is -0.508 e. The number of amides is 7. The molecule has 2 bridgehead atoms. The Morgan fingerprint density at radius 2 is 1.55 bits per heavy atom. The maximum Gasteiger partial charge on any atom is 0.321 e. The fourth-order valence-electron chi connectivity index (χ4n) is 10.7. The predicted molar refractivity (Wildman–Crippen MR) is 256 cm³/mol. The molecule has 7 amide bonds. The van der Waals surface area contributed by atoms with Crippen LogP contribution < -0.4 is 46.5 Å². The van der Waals surface area contributed by atoms with E-state index in [4.69, 9.17) is 23.9 Å². The van der Waals surface area contributed by atoms with Crippen molar-refractivity contribution in [3.63, 3.8) is 0 Å². The maximum absolute atomic E-state index is 13.5. The van der Waals surface area contributed by atoms with Crippen LogP contribution >= 0.6 is 0 Å². The molecule has 6 atom stereocenters. The zero-order valence-corrected chi connectivity index (χ0v) is 39.1. The Kier molecular flexibility index (Phi) is 13.9. The lowest BCUT2D eigenvalue weighted by atomic mass is 9.48. The predicted octanol–water partition coefficient (Wildman–Crippen LogP) is 0.998. The molecule has 4 aromatic carbocycles. The number of nitrogens with one attached hydrogen (secondary N) is 6. The number of aromatic hydroxyl groups is 1. The average molecular weight is 974 g/mol. The monoisotopic (exact) mass is 973 g/mol. The number of aliphatic imine (C=N–C) groups is 1. The average Bonchev–Trinajstić information content (AvgIpc) is 3.65. The fraction of sp³-hybridized carbons (Fsp3) is 0.380. The molecule has 4 aromatic rings. The van der Waals surface area contributed by atoms with Gasteiger partial charge in [-0.1, -0.05) is 54.6 Å². The second kappa shape index (κ2) is 20.4. The molecule has 0 aromatic heterocycles. The Labute approximate surface area is 408 Å². The van der Waals surface area contributed by atoms with Crippen LogP contribution in [-0.4, -0.2) is 147 Å². The van der Waals surface area contributed by atoms with Gasteiger partial charge in [0.25, 0.3) is 17.7 Å². The smallest absolute Gasteiger partial charge is 0.321 e. The van der Waals surface area contributed by atoms with E-state index < -0.39 is 91.3 Å². The standard InChI is InChI=1S/C50H55N9O12/c1-58-19-17-49-43-30-21-32(60)24-37(43)71-45(49)35(15-16-50(49,67)38(58)22-30)53-40(62)26-69-28-42(64)57-56-41(63)27-68-25-39(61)51-18-20-70-33-12-8-11-31(23-33)52-48(66)55-46-47(65)59(2)36-14-7-6-13-34(36)44(54-46)29-9-4-3-5-10-29/h3-14,21,23-24,35,38,45-46,60,67H,15-20,22,25-28H2,1-2H3,(H,51,61)(H,53,62)(H,56,63)(H,57,64)(H2,52,55,66)/t35-,38+,45-,46-,49-,50+/m0/s1. The van der Waals surface area contributed by atoms with Crippen molar-refractivity contribution >= 4 is 52.7 Å². The lowest BCUT2D eigenvalue weighted by Crippen LogP contribution is -2.77. The molecule has 0 unspecified atom stereocenters. The van der Waals surface area contributed by atoms with Gasteiger partial charge in [0.1, 0.15) is 56.4 Å². The number of anilines is 2. The van der Waals surface area contributed by atoms with Crippen molar-refractivity contribution < 1.29 is 57.9 Å². The summed E-state index contributed by atoms with van der Waals surface area (Å²) >= 11 is 0. The number of fused-ring (bicyclic) bond motifs is 1. The van der Waals surface area contributed by atoms with Gasteiger partial charge in [-0.2, -0.15) is 0 Å². The summed E-state index contributed by atoms with van der Waals surface area (Å²) in [5.41, 5.74) is 7.47. The number of urea groups is 1. The van der Waals surface area contributed by atoms with Gasteiger partial charge in [-0.15, -0.1) is 0 Å². The van der Waals surface area contributed by atoms with Gasteiger partial charge in [-0.25, -0.2) is 9.79 Å². The Balaban J connectivity index is 0.646. The van der Waals surface area contributed by atoms with Crippen molar-refractivity contribution in [2.24, 2.45) is 4.99 Å². The first-order chi connectivity index (χ1) is 34.2. The number of likely N-dealkylation sites (tertiary alicyclic amines) is 1.